The van der Waals surface area contributed by atoms with Gasteiger partial charge in [-0.3, -0.25) is 10.1 Å². The maximum Gasteiger partial charge on any atom is 0.273 e. The highest BCUT2D eigenvalue weighted by Crippen LogP contribution is 2.28. The van der Waals surface area contributed by atoms with Gasteiger partial charge in [0, 0.05) is 23.7 Å². The molecular weight excluding hydrogens is 252 g/mol. The number of hydrogen-bond donors (Lipinski definition) is 1. The summed E-state index contributed by atoms with van der Waals surface area (Å²) in [7, 11) is 1.83. The van der Waals surface area contributed by atoms with Crippen LogP contribution in [0.5, 0.6) is 0 Å². The Bertz CT molecular complexity index is 582. The monoisotopic (exact) mass is 264 g/mol. The molecule has 2 aromatic rings. The van der Waals surface area contributed by atoms with E-state index in [9.17, 15) is 10.1 Å². The first-order valence-electron chi connectivity index (χ1n) is 5.34. The molecule has 0 atom stereocenters. The van der Waals surface area contributed by atoms with Crippen molar-refractivity contribution in [2.24, 2.45) is 0 Å². The minimum atomic E-state index is -0.381. The maximum atomic E-state index is 10.9. The van der Waals surface area contributed by atoms with Crippen molar-refractivity contribution in [3.8, 4) is 10.6 Å². The number of nitrogens with one attached hydrogen (secondary N) is 1. The number of rotatable bonds is 4. The van der Waals surface area contributed by atoms with E-state index in [2.05, 4.69) is 15.5 Å². The summed E-state index contributed by atoms with van der Waals surface area (Å²) in [6.07, 6.45) is 0. The molecule has 7 heteroatoms. The van der Waals surface area contributed by atoms with Gasteiger partial charge in [-0.25, -0.2) is 0 Å². The summed E-state index contributed by atoms with van der Waals surface area (Å²) >= 11 is 1.43. The molecule has 1 aromatic heterocycles. The highest BCUT2D eigenvalue weighted by Gasteiger charge is 2.14. The van der Waals surface area contributed by atoms with Gasteiger partial charge in [0.25, 0.3) is 5.69 Å². The van der Waals surface area contributed by atoms with Crippen LogP contribution in [0.1, 0.15) is 10.6 Å². The molecule has 1 heterocycles. The van der Waals surface area contributed by atoms with E-state index in [4.69, 9.17) is 0 Å². The van der Waals surface area contributed by atoms with Crippen LogP contribution in [0.4, 0.5) is 5.69 Å². The first kappa shape index (κ1) is 12.6. The largest absolute Gasteiger partial charge is 0.313 e. The summed E-state index contributed by atoms with van der Waals surface area (Å²) in [5.41, 5.74) is 1.48. The Morgan fingerprint density at radius 3 is 2.89 bits per heavy atom. The number of hydrogen-bond acceptors (Lipinski definition) is 6. The van der Waals surface area contributed by atoms with Gasteiger partial charge in [0.2, 0.25) is 0 Å². The summed E-state index contributed by atoms with van der Waals surface area (Å²) in [5.74, 6) is 0. The lowest BCUT2D eigenvalue weighted by Gasteiger charge is -1.99. The lowest BCUT2D eigenvalue weighted by molar-refractivity contribution is -0.385. The van der Waals surface area contributed by atoms with Crippen LogP contribution in [0.3, 0.4) is 0 Å². The molecule has 0 bridgehead atoms. The highest BCUT2D eigenvalue weighted by atomic mass is 32.1. The topological polar surface area (TPSA) is 81.0 Å². The first-order valence-corrected chi connectivity index (χ1v) is 6.16. The molecule has 0 aliphatic rings. The van der Waals surface area contributed by atoms with E-state index < -0.39 is 0 Å². The zero-order valence-corrected chi connectivity index (χ0v) is 10.8. The second-order valence-electron chi connectivity index (χ2n) is 3.79. The molecule has 6 nitrogen and oxygen atoms in total. The normalized spacial score (nSPS) is 10.6. The molecular formula is C11H12N4O2S. The zero-order valence-electron chi connectivity index (χ0n) is 10.0. The molecule has 0 fully saturated rings. The van der Waals surface area contributed by atoms with Gasteiger partial charge < -0.3 is 5.32 Å². The average molecular weight is 264 g/mol. The summed E-state index contributed by atoms with van der Waals surface area (Å²) < 4.78 is 0. The van der Waals surface area contributed by atoms with Crippen LogP contribution in [0.15, 0.2) is 18.2 Å². The quantitative estimate of drug-likeness (QED) is 0.676. The molecule has 18 heavy (non-hydrogen) atoms. The lowest BCUT2D eigenvalue weighted by atomic mass is 10.1. The molecule has 0 amide bonds. The van der Waals surface area contributed by atoms with Crippen LogP contribution in [0.25, 0.3) is 10.6 Å². The Balaban J connectivity index is 2.38. The van der Waals surface area contributed by atoms with Crippen molar-refractivity contribution in [3.63, 3.8) is 0 Å². The molecule has 0 radical (unpaired) electrons. The van der Waals surface area contributed by atoms with Gasteiger partial charge in [-0.05, 0) is 14.0 Å². The molecule has 0 spiro atoms. The smallest absolute Gasteiger partial charge is 0.273 e. The van der Waals surface area contributed by atoms with Gasteiger partial charge in [-0.15, -0.1) is 10.2 Å². The fraction of sp³-hybridized carbons (Fsp3) is 0.273. The lowest BCUT2D eigenvalue weighted by Crippen LogP contribution is -2.04. The van der Waals surface area contributed by atoms with Crippen molar-refractivity contribution >= 4 is 17.0 Å². The molecule has 1 N–H and O–H groups in total. The molecule has 2 rings (SSSR count). The first-order chi connectivity index (χ1) is 8.61. The summed E-state index contributed by atoms with van der Waals surface area (Å²) in [6.45, 7) is 2.36. The van der Waals surface area contributed by atoms with Gasteiger partial charge in [-0.1, -0.05) is 23.5 Å². The fourth-order valence-electron chi connectivity index (χ4n) is 1.53. The van der Waals surface area contributed by atoms with Crippen molar-refractivity contribution in [2.45, 2.75) is 13.5 Å². The zero-order chi connectivity index (χ0) is 13.1. The summed E-state index contributed by atoms with van der Waals surface area (Å²) in [5, 5.41) is 23.5. The van der Waals surface area contributed by atoms with Crippen molar-refractivity contribution in [1.82, 2.24) is 15.5 Å². The van der Waals surface area contributed by atoms with Crippen LogP contribution in [0.2, 0.25) is 0 Å². The SMILES string of the molecule is CNCc1nnc(-c2ccc(C)c([N+](=O)[O-])c2)s1. The van der Waals surface area contributed by atoms with Gasteiger partial charge >= 0.3 is 0 Å². The third-order valence-electron chi connectivity index (χ3n) is 2.45. The van der Waals surface area contributed by atoms with E-state index in [0.717, 1.165) is 10.6 Å². The molecule has 94 valence electrons. The molecule has 0 unspecified atom stereocenters. The second-order valence-corrected chi connectivity index (χ2v) is 4.85. The van der Waals surface area contributed by atoms with E-state index in [1.54, 1.807) is 19.1 Å². The average Bonchev–Trinajstić information content (AvgIpc) is 2.78. The predicted molar refractivity (Wildman–Crippen MR) is 69.5 cm³/mol. The molecule has 0 aliphatic carbocycles. The Kier molecular flexibility index (Phi) is 3.63. The Morgan fingerprint density at radius 1 is 1.44 bits per heavy atom. The molecule has 0 aliphatic heterocycles. The van der Waals surface area contributed by atoms with Crippen molar-refractivity contribution in [2.75, 3.05) is 7.05 Å². The van der Waals surface area contributed by atoms with E-state index in [1.807, 2.05) is 13.1 Å². The second kappa shape index (κ2) is 5.19. The number of aromatic nitrogens is 2. The number of nitro benzene ring substituents is 1. The summed E-state index contributed by atoms with van der Waals surface area (Å²) in [4.78, 5) is 10.5. The molecule has 0 saturated heterocycles. The third kappa shape index (κ3) is 2.52. The number of aryl methyl sites for hydroxylation is 1. The van der Waals surface area contributed by atoms with E-state index in [-0.39, 0.29) is 10.6 Å². The van der Waals surface area contributed by atoms with Crippen LogP contribution < -0.4 is 5.32 Å². The van der Waals surface area contributed by atoms with E-state index in [0.29, 0.717) is 17.1 Å². The van der Waals surface area contributed by atoms with Gasteiger partial charge in [-0.2, -0.15) is 0 Å². The highest BCUT2D eigenvalue weighted by molar-refractivity contribution is 7.14. The minimum absolute atomic E-state index is 0.109. The van der Waals surface area contributed by atoms with Gasteiger partial charge in [0.1, 0.15) is 10.0 Å². The van der Waals surface area contributed by atoms with Crippen LogP contribution in [0, 0.1) is 17.0 Å². The standard InChI is InChI=1S/C11H12N4O2S/c1-7-3-4-8(5-9(7)15(16)17)11-14-13-10(18-11)6-12-2/h3-5,12H,6H2,1-2H3. The fourth-order valence-corrected chi connectivity index (χ4v) is 2.38. The van der Waals surface area contributed by atoms with Gasteiger partial charge in [0.05, 0.1) is 4.92 Å². The van der Waals surface area contributed by atoms with Crippen LogP contribution in [-0.4, -0.2) is 22.2 Å². The third-order valence-corrected chi connectivity index (χ3v) is 3.42. The number of nitrogens with zero attached hydrogens (tertiary/aromatic N) is 3. The van der Waals surface area contributed by atoms with Crippen molar-refractivity contribution in [3.05, 3.63) is 38.9 Å². The van der Waals surface area contributed by atoms with Crippen molar-refractivity contribution < 1.29 is 4.92 Å². The van der Waals surface area contributed by atoms with E-state index in [1.165, 1.54) is 11.3 Å². The van der Waals surface area contributed by atoms with E-state index >= 15 is 0 Å². The Hall–Kier alpha value is -1.86. The Labute approximate surface area is 108 Å². The maximum absolute atomic E-state index is 10.9. The van der Waals surface area contributed by atoms with Crippen LogP contribution >= 0.6 is 11.3 Å². The Morgan fingerprint density at radius 2 is 2.22 bits per heavy atom. The molecule has 1 aromatic carbocycles. The number of benzene rings is 1. The minimum Gasteiger partial charge on any atom is -0.313 e. The molecule has 0 saturated carbocycles. The van der Waals surface area contributed by atoms with Gasteiger partial charge in [0.15, 0.2) is 0 Å². The number of nitro groups is 1. The van der Waals surface area contributed by atoms with Crippen LogP contribution in [-0.2, 0) is 6.54 Å². The van der Waals surface area contributed by atoms with Crippen molar-refractivity contribution in [1.29, 1.82) is 0 Å². The summed E-state index contributed by atoms with van der Waals surface area (Å²) in [6, 6.07) is 5.09. The predicted octanol–water partition coefficient (Wildman–Crippen LogP) is 2.14.